The lowest BCUT2D eigenvalue weighted by Crippen LogP contribution is -2.47. The van der Waals surface area contributed by atoms with Crippen molar-refractivity contribution in [2.75, 3.05) is 19.7 Å². The number of benzene rings is 1. The zero-order valence-electron chi connectivity index (χ0n) is 14.0. The Morgan fingerprint density at radius 3 is 2.79 bits per heavy atom. The van der Waals surface area contributed by atoms with Crippen LogP contribution < -0.4 is 10.2 Å². The highest BCUT2D eigenvalue weighted by atomic mass is 16.5. The predicted octanol–water partition coefficient (Wildman–Crippen LogP) is 1.85. The first-order valence-electron chi connectivity index (χ1n) is 8.25. The van der Waals surface area contributed by atoms with Crippen molar-refractivity contribution in [1.29, 1.82) is 0 Å². The maximum absolute atomic E-state index is 12.8. The summed E-state index contributed by atoms with van der Waals surface area (Å²) in [6.07, 6.45) is 1.04. The van der Waals surface area contributed by atoms with E-state index in [1.807, 2.05) is 16.7 Å². The molecular formula is C17H23N3O4. The van der Waals surface area contributed by atoms with Gasteiger partial charge in [-0.25, -0.2) is 10.3 Å². The Hall–Kier alpha value is -2.28. The molecule has 3 amide bonds. The Labute approximate surface area is 141 Å². The number of urea groups is 1. The molecule has 0 aliphatic carbocycles. The highest BCUT2D eigenvalue weighted by molar-refractivity contribution is 5.93. The number of rotatable bonds is 1. The second-order valence-electron chi connectivity index (χ2n) is 6.67. The van der Waals surface area contributed by atoms with Gasteiger partial charge in [-0.3, -0.25) is 10.0 Å². The molecule has 1 unspecified atom stereocenters. The van der Waals surface area contributed by atoms with Crippen LogP contribution in [0.2, 0.25) is 0 Å². The van der Waals surface area contributed by atoms with E-state index in [4.69, 9.17) is 9.94 Å². The van der Waals surface area contributed by atoms with E-state index in [-0.39, 0.29) is 12.1 Å². The second kappa shape index (κ2) is 6.68. The summed E-state index contributed by atoms with van der Waals surface area (Å²) in [5.41, 5.74) is 2.79. The van der Waals surface area contributed by atoms with Crippen molar-refractivity contribution in [2.24, 2.45) is 5.92 Å². The second-order valence-corrected chi connectivity index (χ2v) is 6.67. The fourth-order valence-corrected chi connectivity index (χ4v) is 3.21. The maximum Gasteiger partial charge on any atom is 0.320 e. The third kappa shape index (κ3) is 3.17. The maximum atomic E-state index is 12.8. The van der Waals surface area contributed by atoms with Crippen LogP contribution in [0.5, 0.6) is 5.75 Å². The molecule has 0 radical (unpaired) electrons. The van der Waals surface area contributed by atoms with Crippen LogP contribution in [0.3, 0.4) is 0 Å². The Balaban J connectivity index is 1.81. The van der Waals surface area contributed by atoms with E-state index in [9.17, 15) is 9.59 Å². The van der Waals surface area contributed by atoms with E-state index in [0.717, 1.165) is 25.1 Å². The minimum Gasteiger partial charge on any atom is -0.491 e. The van der Waals surface area contributed by atoms with Crippen LogP contribution >= 0.6 is 0 Å². The molecule has 3 rings (SSSR count). The quantitative estimate of drug-likeness (QED) is 0.607. The standard InChI is InChI=1S/C17H23N3O4/c1-11-5-6-19(8-11)17(22)20-9-14-4-3-13(16(21)18-23)7-15(14)24-10-12(20)2/h3-4,7,11-12,23H,5-6,8-10H2,1-2H3,(H,18,21)/t11?,12-/m0/s1. The average Bonchev–Trinajstić information content (AvgIpc) is 2.95. The molecule has 2 aliphatic rings. The van der Waals surface area contributed by atoms with E-state index in [1.54, 1.807) is 23.7 Å². The summed E-state index contributed by atoms with van der Waals surface area (Å²) in [5, 5.41) is 8.75. The minimum absolute atomic E-state index is 0.0421. The molecule has 0 spiro atoms. The number of ether oxygens (including phenoxy) is 1. The number of nitrogens with one attached hydrogen (secondary N) is 1. The lowest BCUT2D eigenvalue weighted by atomic mass is 10.1. The first kappa shape index (κ1) is 16.6. The SMILES string of the molecule is CC1CCN(C(=O)N2Cc3ccc(C(=O)NO)cc3OC[C@@H]2C)C1. The fourth-order valence-electron chi connectivity index (χ4n) is 3.21. The van der Waals surface area contributed by atoms with Crippen molar-refractivity contribution in [2.45, 2.75) is 32.9 Å². The smallest absolute Gasteiger partial charge is 0.320 e. The Morgan fingerprint density at radius 2 is 2.12 bits per heavy atom. The van der Waals surface area contributed by atoms with Gasteiger partial charge >= 0.3 is 6.03 Å². The van der Waals surface area contributed by atoms with Crippen molar-refractivity contribution in [3.05, 3.63) is 29.3 Å². The molecule has 2 N–H and O–H groups in total. The van der Waals surface area contributed by atoms with Gasteiger partial charge in [-0.1, -0.05) is 13.0 Å². The van der Waals surface area contributed by atoms with Crippen molar-refractivity contribution in [3.8, 4) is 5.75 Å². The summed E-state index contributed by atoms with van der Waals surface area (Å²) in [6.45, 7) is 6.53. The molecule has 1 aromatic rings. The van der Waals surface area contributed by atoms with Crippen LogP contribution in [0.15, 0.2) is 18.2 Å². The number of carbonyl (C=O) groups is 2. The summed E-state index contributed by atoms with van der Waals surface area (Å²) in [4.78, 5) is 28.1. The highest BCUT2D eigenvalue weighted by Gasteiger charge is 2.32. The highest BCUT2D eigenvalue weighted by Crippen LogP contribution is 2.28. The molecule has 2 aliphatic heterocycles. The number of fused-ring (bicyclic) bond motifs is 1. The van der Waals surface area contributed by atoms with Gasteiger partial charge in [0.25, 0.3) is 5.91 Å². The molecule has 2 atom stereocenters. The largest absolute Gasteiger partial charge is 0.491 e. The van der Waals surface area contributed by atoms with Crippen LogP contribution in [-0.4, -0.2) is 52.7 Å². The van der Waals surface area contributed by atoms with Crippen molar-refractivity contribution in [3.63, 3.8) is 0 Å². The van der Waals surface area contributed by atoms with Gasteiger partial charge in [0, 0.05) is 24.2 Å². The third-order valence-electron chi connectivity index (χ3n) is 4.72. The van der Waals surface area contributed by atoms with Crippen LogP contribution in [-0.2, 0) is 6.54 Å². The van der Waals surface area contributed by atoms with E-state index in [1.165, 1.54) is 0 Å². The van der Waals surface area contributed by atoms with Crippen molar-refractivity contribution in [1.82, 2.24) is 15.3 Å². The van der Waals surface area contributed by atoms with Gasteiger partial charge in [-0.05, 0) is 31.4 Å². The molecule has 7 heteroatoms. The fraction of sp³-hybridized carbons (Fsp3) is 0.529. The number of hydrogen-bond acceptors (Lipinski definition) is 4. The summed E-state index contributed by atoms with van der Waals surface area (Å²) in [5.74, 6) is 0.532. The van der Waals surface area contributed by atoms with E-state index in [0.29, 0.717) is 30.4 Å². The number of hydroxylamine groups is 1. The molecule has 1 aromatic carbocycles. The Bertz CT molecular complexity index is 649. The number of amides is 3. The normalized spacial score (nSPS) is 23.3. The van der Waals surface area contributed by atoms with Crippen molar-refractivity contribution < 1.29 is 19.5 Å². The predicted molar refractivity (Wildman–Crippen MR) is 86.9 cm³/mol. The van der Waals surface area contributed by atoms with Crippen molar-refractivity contribution >= 4 is 11.9 Å². The third-order valence-corrected chi connectivity index (χ3v) is 4.72. The number of hydrogen-bond donors (Lipinski definition) is 2. The average molecular weight is 333 g/mol. The van der Waals surface area contributed by atoms with Gasteiger partial charge < -0.3 is 14.5 Å². The zero-order valence-corrected chi connectivity index (χ0v) is 14.0. The topological polar surface area (TPSA) is 82.1 Å². The summed E-state index contributed by atoms with van der Waals surface area (Å²) in [7, 11) is 0. The van der Waals surface area contributed by atoms with Crippen LogP contribution in [0.1, 0.15) is 36.2 Å². The molecule has 2 heterocycles. The Morgan fingerprint density at radius 1 is 1.33 bits per heavy atom. The molecule has 0 saturated carbocycles. The van der Waals surface area contributed by atoms with Gasteiger partial charge in [-0.15, -0.1) is 0 Å². The number of nitrogens with zero attached hydrogens (tertiary/aromatic N) is 2. The zero-order chi connectivity index (χ0) is 17.3. The van der Waals surface area contributed by atoms with Gasteiger partial charge in [0.05, 0.1) is 12.6 Å². The van der Waals surface area contributed by atoms with Gasteiger partial charge in [0.2, 0.25) is 0 Å². The van der Waals surface area contributed by atoms with Gasteiger partial charge in [0.1, 0.15) is 12.4 Å². The van der Waals surface area contributed by atoms with Crippen LogP contribution in [0, 0.1) is 5.92 Å². The summed E-state index contributed by atoms with van der Waals surface area (Å²) < 4.78 is 5.79. The number of carbonyl (C=O) groups excluding carboxylic acids is 2. The lowest BCUT2D eigenvalue weighted by molar-refractivity contribution is 0.0706. The van der Waals surface area contributed by atoms with Crippen LogP contribution in [0.4, 0.5) is 4.79 Å². The molecule has 7 nitrogen and oxygen atoms in total. The Kier molecular flexibility index (Phi) is 4.62. The molecule has 24 heavy (non-hydrogen) atoms. The lowest BCUT2D eigenvalue weighted by Gasteiger charge is -2.31. The molecule has 1 saturated heterocycles. The first-order chi connectivity index (χ1) is 11.5. The van der Waals surface area contributed by atoms with E-state index >= 15 is 0 Å². The first-order valence-corrected chi connectivity index (χ1v) is 8.25. The van der Waals surface area contributed by atoms with Gasteiger partial charge in [-0.2, -0.15) is 0 Å². The van der Waals surface area contributed by atoms with Gasteiger partial charge in [0.15, 0.2) is 0 Å². The number of likely N-dealkylation sites (tertiary alicyclic amines) is 1. The van der Waals surface area contributed by atoms with E-state index < -0.39 is 5.91 Å². The monoisotopic (exact) mass is 333 g/mol. The van der Waals surface area contributed by atoms with Crippen LogP contribution in [0.25, 0.3) is 0 Å². The summed E-state index contributed by atoms with van der Waals surface area (Å²) in [6, 6.07) is 4.96. The van der Waals surface area contributed by atoms with E-state index in [2.05, 4.69) is 6.92 Å². The summed E-state index contributed by atoms with van der Waals surface area (Å²) >= 11 is 0. The minimum atomic E-state index is -0.585. The molecule has 130 valence electrons. The molecule has 0 aromatic heterocycles. The molecular weight excluding hydrogens is 310 g/mol. The molecule has 1 fully saturated rings. The molecule has 0 bridgehead atoms.